The minimum absolute atomic E-state index is 0.186. The molecule has 0 radical (unpaired) electrons. The second kappa shape index (κ2) is 3.92. The summed E-state index contributed by atoms with van der Waals surface area (Å²) in [6.07, 6.45) is 3.25. The average Bonchev–Trinajstić information content (AvgIpc) is 2.57. The lowest BCUT2D eigenvalue weighted by Crippen LogP contribution is -2.38. The van der Waals surface area contributed by atoms with Crippen molar-refractivity contribution < 1.29 is 0 Å². The molecular weight excluding hydrogens is 200 g/mol. The molecule has 4 nitrogen and oxygen atoms in total. The van der Waals surface area contributed by atoms with Gasteiger partial charge in [-0.25, -0.2) is 9.97 Å². The van der Waals surface area contributed by atoms with Gasteiger partial charge in [0, 0.05) is 24.6 Å². The highest BCUT2D eigenvalue weighted by atomic mass is 15.3. The van der Waals surface area contributed by atoms with Gasteiger partial charge in [0.25, 0.3) is 0 Å². The monoisotopic (exact) mass is 220 g/mol. The number of hydrogen-bond acceptors (Lipinski definition) is 4. The van der Waals surface area contributed by atoms with Gasteiger partial charge in [0.1, 0.15) is 17.5 Å². The molecule has 1 fully saturated rings. The second-order valence-electron chi connectivity index (χ2n) is 4.99. The van der Waals surface area contributed by atoms with Crippen molar-refractivity contribution in [2.24, 2.45) is 0 Å². The molecular formula is C12H20N4. The molecule has 2 N–H and O–H groups in total. The summed E-state index contributed by atoms with van der Waals surface area (Å²) in [6.45, 7) is 7.62. The van der Waals surface area contributed by atoms with E-state index in [-0.39, 0.29) is 5.54 Å². The molecule has 1 aromatic heterocycles. The minimum Gasteiger partial charge on any atom is -0.384 e. The molecule has 0 spiro atoms. The van der Waals surface area contributed by atoms with Crippen LogP contribution in [0, 0.1) is 0 Å². The zero-order chi connectivity index (χ0) is 11.8. The van der Waals surface area contributed by atoms with E-state index in [1.807, 2.05) is 13.0 Å². The van der Waals surface area contributed by atoms with E-state index in [1.54, 1.807) is 0 Å². The van der Waals surface area contributed by atoms with Gasteiger partial charge in [-0.15, -0.1) is 0 Å². The predicted octanol–water partition coefficient (Wildman–Crippen LogP) is 2.00. The number of nitrogens with two attached hydrogens (primary N) is 1. The lowest BCUT2D eigenvalue weighted by molar-refractivity contribution is 0.513. The maximum atomic E-state index is 5.81. The number of nitrogens with zero attached hydrogens (tertiary/aromatic N) is 3. The molecule has 0 bridgehead atoms. The van der Waals surface area contributed by atoms with Crippen molar-refractivity contribution in [3.8, 4) is 0 Å². The largest absolute Gasteiger partial charge is 0.384 e. The van der Waals surface area contributed by atoms with Crippen LogP contribution in [0.4, 0.5) is 11.6 Å². The van der Waals surface area contributed by atoms with Crippen molar-refractivity contribution in [3.05, 3.63) is 11.9 Å². The van der Waals surface area contributed by atoms with Crippen molar-refractivity contribution in [2.45, 2.75) is 45.6 Å². The van der Waals surface area contributed by atoms with Gasteiger partial charge in [0.2, 0.25) is 0 Å². The minimum atomic E-state index is 0.186. The SMILES string of the molecule is CCc1nc(N)cc(N2CCCC2(C)C)n1. The summed E-state index contributed by atoms with van der Waals surface area (Å²) in [5.41, 5.74) is 6.00. The fourth-order valence-electron chi connectivity index (χ4n) is 2.33. The molecule has 1 aromatic rings. The molecule has 1 aliphatic heterocycles. The molecule has 88 valence electrons. The van der Waals surface area contributed by atoms with Crippen LogP contribution in [-0.4, -0.2) is 22.1 Å². The van der Waals surface area contributed by atoms with Gasteiger partial charge >= 0.3 is 0 Å². The summed E-state index contributed by atoms with van der Waals surface area (Å²) in [6, 6.07) is 1.88. The predicted molar refractivity (Wildman–Crippen MR) is 66.5 cm³/mol. The fraction of sp³-hybridized carbons (Fsp3) is 0.667. The first-order chi connectivity index (χ1) is 7.53. The summed E-state index contributed by atoms with van der Waals surface area (Å²) >= 11 is 0. The summed E-state index contributed by atoms with van der Waals surface area (Å²) in [5, 5.41) is 0. The Kier molecular flexibility index (Phi) is 2.74. The van der Waals surface area contributed by atoms with Crippen LogP contribution in [0.2, 0.25) is 0 Å². The normalized spacial score (nSPS) is 19.1. The molecule has 0 saturated carbocycles. The highest BCUT2D eigenvalue weighted by Crippen LogP contribution is 2.32. The van der Waals surface area contributed by atoms with Gasteiger partial charge in [-0.2, -0.15) is 0 Å². The van der Waals surface area contributed by atoms with Crippen LogP contribution in [0.1, 0.15) is 39.4 Å². The molecule has 0 aromatic carbocycles. The smallest absolute Gasteiger partial charge is 0.134 e. The van der Waals surface area contributed by atoms with Crippen LogP contribution >= 0.6 is 0 Å². The maximum absolute atomic E-state index is 5.81. The number of nitrogen functional groups attached to an aromatic ring is 1. The molecule has 0 atom stereocenters. The van der Waals surface area contributed by atoms with Crippen molar-refractivity contribution >= 4 is 11.6 Å². The number of rotatable bonds is 2. The van der Waals surface area contributed by atoms with Gasteiger partial charge < -0.3 is 10.6 Å². The van der Waals surface area contributed by atoms with Gasteiger partial charge in [-0.1, -0.05) is 6.92 Å². The molecule has 2 rings (SSSR count). The van der Waals surface area contributed by atoms with Gasteiger partial charge in [0.05, 0.1) is 0 Å². The van der Waals surface area contributed by atoms with Crippen LogP contribution in [0.25, 0.3) is 0 Å². The molecule has 1 saturated heterocycles. The third-order valence-electron chi connectivity index (χ3n) is 3.27. The molecule has 16 heavy (non-hydrogen) atoms. The van der Waals surface area contributed by atoms with Crippen LogP contribution in [0.5, 0.6) is 0 Å². The van der Waals surface area contributed by atoms with Crippen LogP contribution < -0.4 is 10.6 Å². The maximum Gasteiger partial charge on any atom is 0.134 e. The van der Waals surface area contributed by atoms with Gasteiger partial charge in [0.15, 0.2) is 0 Å². The third kappa shape index (κ3) is 1.96. The molecule has 2 heterocycles. The Bertz CT molecular complexity index is 387. The Morgan fingerprint density at radius 2 is 2.19 bits per heavy atom. The van der Waals surface area contributed by atoms with Crippen LogP contribution in [-0.2, 0) is 6.42 Å². The van der Waals surface area contributed by atoms with E-state index >= 15 is 0 Å². The quantitative estimate of drug-likeness (QED) is 0.828. The van der Waals surface area contributed by atoms with Crippen LogP contribution in [0.3, 0.4) is 0 Å². The topological polar surface area (TPSA) is 55.0 Å². The first-order valence-corrected chi connectivity index (χ1v) is 5.94. The van der Waals surface area contributed by atoms with Gasteiger partial charge in [-0.3, -0.25) is 0 Å². The van der Waals surface area contributed by atoms with E-state index in [9.17, 15) is 0 Å². The Balaban J connectivity index is 2.36. The lowest BCUT2D eigenvalue weighted by atomic mass is 10.0. The highest BCUT2D eigenvalue weighted by Gasteiger charge is 2.33. The molecule has 0 amide bonds. The number of hydrogen-bond donors (Lipinski definition) is 1. The number of anilines is 2. The summed E-state index contributed by atoms with van der Waals surface area (Å²) in [4.78, 5) is 11.1. The third-order valence-corrected chi connectivity index (χ3v) is 3.27. The summed E-state index contributed by atoms with van der Waals surface area (Å²) in [7, 11) is 0. The Labute approximate surface area is 96.9 Å². The average molecular weight is 220 g/mol. The Morgan fingerprint density at radius 1 is 1.44 bits per heavy atom. The Hall–Kier alpha value is -1.32. The zero-order valence-corrected chi connectivity index (χ0v) is 10.3. The highest BCUT2D eigenvalue weighted by molar-refractivity contribution is 5.49. The van der Waals surface area contributed by atoms with Crippen LogP contribution in [0.15, 0.2) is 6.07 Å². The first-order valence-electron chi connectivity index (χ1n) is 5.94. The van der Waals surface area contributed by atoms with Gasteiger partial charge in [-0.05, 0) is 26.7 Å². The van der Waals surface area contributed by atoms with E-state index in [0.29, 0.717) is 5.82 Å². The van der Waals surface area contributed by atoms with E-state index in [2.05, 4.69) is 28.7 Å². The van der Waals surface area contributed by atoms with Crippen molar-refractivity contribution in [1.29, 1.82) is 0 Å². The Morgan fingerprint density at radius 3 is 2.75 bits per heavy atom. The van der Waals surface area contributed by atoms with E-state index < -0.39 is 0 Å². The molecule has 1 aliphatic rings. The summed E-state index contributed by atoms with van der Waals surface area (Å²) in [5.74, 6) is 2.38. The van der Waals surface area contributed by atoms with E-state index in [0.717, 1.165) is 24.6 Å². The fourth-order valence-corrected chi connectivity index (χ4v) is 2.33. The lowest BCUT2D eigenvalue weighted by Gasteiger charge is -2.32. The summed E-state index contributed by atoms with van der Waals surface area (Å²) < 4.78 is 0. The molecule has 0 unspecified atom stereocenters. The second-order valence-corrected chi connectivity index (χ2v) is 4.99. The van der Waals surface area contributed by atoms with E-state index in [4.69, 9.17) is 5.73 Å². The molecule has 4 heteroatoms. The zero-order valence-electron chi connectivity index (χ0n) is 10.3. The van der Waals surface area contributed by atoms with E-state index in [1.165, 1.54) is 12.8 Å². The van der Waals surface area contributed by atoms with Crippen molar-refractivity contribution in [1.82, 2.24) is 9.97 Å². The molecule has 0 aliphatic carbocycles. The van der Waals surface area contributed by atoms with Crippen molar-refractivity contribution in [3.63, 3.8) is 0 Å². The number of aromatic nitrogens is 2. The van der Waals surface area contributed by atoms with Crippen molar-refractivity contribution in [2.75, 3.05) is 17.2 Å². The first kappa shape index (κ1) is 11.2. The number of aryl methyl sites for hydroxylation is 1. The standard InChI is InChI=1S/C12H20N4/c1-4-10-14-9(13)8-11(15-10)16-7-5-6-12(16,2)3/h8H,4-7H2,1-3H3,(H2,13,14,15).